The van der Waals surface area contributed by atoms with Gasteiger partial charge in [-0.1, -0.05) is 91.3 Å². The van der Waals surface area contributed by atoms with Gasteiger partial charge in [-0.25, -0.2) is 8.42 Å². The number of hydrogen-bond acceptors (Lipinski definition) is 4. The van der Waals surface area contributed by atoms with E-state index in [2.05, 4.69) is 5.32 Å². The summed E-state index contributed by atoms with van der Waals surface area (Å²) >= 11 is 6.04. The Morgan fingerprint density at radius 1 is 0.837 bits per heavy atom. The molecule has 0 bridgehead atoms. The number of nitrogens with one attached hydrogen (secondary N) is 1. The molecule has 2 amide bonds. The Hall–Kier alpha value is -4.14. The highest BCUT2D eigenvalue weighted by molar-refractivity contribution is 7.92. The van der Waals surface area contributed by atoms with Crippen molar-refractivity contribution in [3.63, 3.8) is 0 Å². The van der Waals surface area contributed by atoms with E-state index in [4.69, 9.17) is 11.6 Å². The molecule has 7 nitrogen and oxygen atoms in total. The lowest BCUT2D eigenvalue weighted by molar-refractivity contribution is -0.140. The van der Waals surface area contributed by atoms with Gasteiger partial charge < -0.3 is 10.2 Å². The average molecular weight is 618 g/mol. The Balaban J connectivity index is 1.78. The fourth-order valence-electron chi connectivity index (χ4n) is 4.75. The Morgan fingerprint density at radius 3 is 2.07 bits per heavy atom. The topological polar surface area (TPSA) is 86.8 Å². The molecule has 0 aromatic heterocycles. The average Bonchev–Trinajstić information content (AvgIpc) is 3.01. The van der Waals surface area contributed by atoms with Gasteiger partial charge in [-0.3, -0.25) is 13.9 Å². The van der Waals surface area contributed by atoms with Crippen LogP contribution in [0.4, 0.5) is 5.69 Å². The van der Waals surface area contributed by atoms with E-state index < -0.39 is 28.5 Å². The van der Waals surface area contributed by atoms with Crippen LogP contribution in [0.2, 0.25) is 5.02 Å². The maximum Gasteiger partial charge on any atom is 0.264 e. The first-order chi connectivity index (χ1) is 20.7. The molecule has 4 aromatic carbocycles. The molecule has 4 aromatic rings. The van der Waals surface area contributed by atoms with E-state index in [0.717, 1.165) is 27.4 Å². The number of amides is 2. The van der Waals surface area contributed by atoms with Gasteiger partial charge in [-0.05, 0) is 66.4 Å². The van der Waals surface area contributed by atoms with Crippen molar-refractivity contribution in [1.29, 1.82) is 0 Å². The first-order valence-electron chi connectivity index (χ1n) is 14.2. The summed E-state index contributed by atoms with van der Waals surface area (Å²) in [5.41, 5.74) is 2.88. The molecule has 4 rings (SSSR count). The molecule has 0 aliphatic heterocycles. The molecule has 9 heteroatoms. The number of anilines is 1. The molecule has 43 heavy (non-hydrogen) atoms. The molecular weight excluding hydrogens is 582 g/mol. The molecule has 0 saturated carbocycles. The number of rotatable bonds is 13. The van der Waals surface area contributed by atoms with Gasteiger partial charge in [0.1, 0.15) is 12.6 Å². The summed E-state index contributed by atoms with van der Waals surface area (Å²) in [5.74, 6) is -0.798. The van der Waals surface area contributed by atoms with Crippen molar-refractivity contribution in [2.75, 3.05) is 17.4 Å². The van der Waals surface area contributed by atoms with Gasteiger partial charge in [0.05, 0.1) is 10.6 Å². The predicted octanol–water partition coefficient (Wildman–Crippen LogP) is 6.01. The van der Waals surface area contributed by atoms with E-state index in [1.54, 1.807) is 18.2 Å². The van der Waals surface area contributed by atoms with E-state index in [1.165, 1.54) is 29.2 Å². The lowest BCUT2D eigenvalue weighted by atomic mass is 10.0. The molecule has 0 aliphatic carbocycles. The van der Waals surface area contributed by atoms with Gasteiger partial charge in [0, 0.05) is 24.5 Å². The van der Waals surface area contributed by atoms with Gasteiger partial charge in [-0.2, -0.15) is 0 Å². The first-order valence-corrected chi connectivity index (χ1v) is 16.0. The summed E-state index contributed by atoms with van der Waals surface area (Å²) < 4.78 is 29.2. The zero-order valence-corrected chi connectivity index (χ0v) is 25.9. The zero-order valence-electron chi connectivity index (χ0n) is 24.3. The van der Waals surface area contributed by atoms with E-state index in [9.17, 15) is 18.0 Å². The quantitative estimate of drug-likeness (QED) is 0.199. The summed E-state index contributed by atoms with van der Waals surface area (Å²) in [6.07, 6.45) is 1.00. The van der Waals surface area contributed by atoms with Crippen LogP contribution in [-0.2, 0) is 32.6 Å². The molecule has 1 atom stereocenters. The smallest absolute Gasteiger partial charge is 0.264 e. The number of carbonyl (C=O) groups excluding carboxylic acids is 2. The molecule has 0 fully saturated rings. The number of hydrogen-bond donors (Lipinski definition) is 1. The zero-order chi connectivity index (χ0) is 30.8. The van der Waals surface area contributed by atoms with Gasteiger partial charge in [0.2, 0.25) is 11.8 Å². The maximum atomic E-state index is 14.4. The van der Waals surface area contributed by atoms with Crippen LogP contribution in [0.1, 0.15) is 30.0 Å². The predicted molar refractivity (Wildman–Crippen MR) is 171 cm³/mol. The maximum absolute atomic E-state index is 14.4. The highest BCUT2D eigenvalue weighted by Gasteiger charge is 2.34. The second kappa shape index (κ2) is 14.8. The molecule has 224 valence electrons. The molecule has 0 unspecified atom stereocenters. The molecule has 1 N–H and O–H groups in total. The van der Waals surface area contributed by atoms with Crippen LogP contribution >= 0.6 is 11.6 Å². The second-order valence-electron chi connectivity index (χ2n) is 10.3. The van der Waals surface area contributed by atoms with E-state index in [1.807, 2.05) is 80.6 Å². The van der Waals surface area contributed by atoms with Crippen molar-refractivity contribution < 1.29 is 18.0 Å². The van der Waals surface area contributed by atoms with Crippen molar-refractivity contribution in [1.82, 2.24) is 10.2 Å². The van der Waals surface area contributed by atoms with Gasteiger partial charge in [0.15, 0.2) is 0 Å². The van der Waals surface area contributed by atoms with Crippen molar-refractivity contribution in [2.45, 2.75) is 44.2 Å². The van der Waals surface area contributed by atoms with Crippen LogP contribution in [0.15, 0.2) is 114 Å². The summed E-state index contributed by atoms with van der Waals surface area (Å²) in [5, 5.41) is 3.35. The van der Waals surface area contributed by atoms with Crippen LogP contribution < -0.4 is 9.62 Å². The summed E-state index contributed by atoms with van der Waals surface area (Å²) in [6, 6.07) is 30.8. The fourth-order valence-corrected chi connectivity index (χ4v) is 6.28. The minimum absolute atomic E-state index is 0.00217. The lowest BCUT2D eigenvalue weighted by Gasteiger charge is -2.34. The summed E-state index contributed by atoms with van der Waals surface area (Å²) in [6.45, 7) is 3.89. The minimum atomic E-state index is -4.18. The van der Waals surface area contributed by atoms with Crippen molar-refractivity contribution in [2.24, 2.45) is 0 Å². The Morgan fingerprint density at radius 2 is 1.47 bits per heavy atom. The van der Waals surface area contributed by atoms with Gasteiger partial charge in [0.25, 0.3) is 10.0 Å². The van der Waals surface area contributed by atoms with Crippen LogP contribution in [0.3, 0.4) is 0 Å². The number of nitrogens with zero attached hydrogens (tertiary/aromatic N) is 2. The molecule has 0 radical (unpaired) electrons. The largest absolute Gasteiger partial charge is 0.354 e. The highest BCUT2D eigenvalue weighted by atomic mass is 35.5. The third kappa shape index (κ3) is 8.46. The Kier molecular flexibility index (Phi) is 11.0. The van der Waals surface area contributed by atoms with Crippen molar-refractivity contribution in [3.8, 4) is 0 Å². The van der Waals surface area contributed by atoms with Crippen LogP contribution in [0.25, 0.3) is 0 Å². The normalized spacial score (nSPS) is 11.9. The molecule has 0 aliphatic rings. The first kappa shape index (κ1) is 31.8. The number of halogens is 1. The summed E-state index contributed by atoms with van der Waals surface area (Å²) in [4.78, 5) is 29.5. The second-order valence-corrected chi connectivity index (χ2v) is 12.6. The monoisotopic (exact) mass is 617 g/mol. The van der Waals surface area contributed by atoms with Crippen LogP contribution in [-0.4, -0.2) is 44.3 Å². The fraction of sp³-hybridized carbons (Fsp3) is 0.235. The third-order valence-electron chi connectivity index (χ3n) is 6.99. The minimum Gasteiger partial charge on any atom is -0.354 e. The van der Waals surface area contributed by atoms with Crippen LogP contribution in [0, 0.1) is 6.92 Å². The number of carbonyl (C=O) groups is 2. The lowest BCUT2D eigenvalue weighted by Crippen LogP contribution is -2.53. The van der Waals surface area contributed by atoms with Gasteiger partial charge in [-0.15, -0.1) is 0 Å². The number of sulfonamides is 1. The number of aryl methyl sites for hydroxylation is 1. The van der Waals surface area contributed by atoms with E-state index in [0.29, 0.717) is 17.3 Å². The Bertz CT molecular complexity index is 1610. The molecular formula is C34H36ClN3O4S. The van der Waals surface area contributed by atoms with E-state index in [-0.39, 0.29) is 23.8 Å². The molecule has 0 spiro atoms. The third-order valence-corrected chi connectivity index (χ3v) is 9.03. The Labute approximate surface area is 259 Å². The van der Waals surface area contributed by atoms with Crippen molar-refractivity contribution >= 4 is 39.1 Å². The molecule has 0 saturated heterocycles. The van der Waals surface area contributed by atoms with E-state index >= 15 is 0 Å². The summed E-state index contributed by atoms with van der Waals surface area (Å²) in [7, 11) is -4.18. The van der Waals surface area contributed by atoms with Crippen molar-refractivity contribution in [3.05, 3.63) is 131 Å². The molecule has 0 heterocycles. The number of benzene rings is 4. The SMILES string of the molecule is CCCNC(=O)[C@@H](Cc1ccccc1)N(Cc1ccccc1)C(=O)CN(c1cccc(C)c1)S(=O)(=O)c1ccc(Cl)cc1. The van der Waals surface area contributed by atoms with Crippen LogP contribution in [0.5, 0.6) is 0 Å². The van der Waals surface area contributed by atoms with Gasteiger partial charge >= 0.3 is 0 Å². The standard InChI is InChI=1S/C34H36ClN3O4S/c1-3-21-36-34(40)32(23-27-12-6-4-7-13-27)37(24-28-14-8-5-9-15-28)33(39)25-38(30-16-10-11-26(2)22-30)43(41,42)31-19-17-29(35)18-20-31/h4-20,22,32H,3,21,23-25H2,1-2H3,(H,36,40)/t32-/m1/s1. The highest BCUT2D eigenvalue weighted by Crippen LogP contribution is 2.26.